The number of hydrogen-bond donors (Lipinski definition) is 0. The molecular weight excluding hydrogens is 418 g/mol. The number of carbonyl (C=O) groups is 2. The highest BCUT2D eigenvalue weighted by Gasteiger charge is 2.29. The van der Waals surface area contributed by atoms with Gasteiger partial charge in [-0.15, -0.1) is 0 Å². The van der Waals surface area contributed by atoms with Gasteiger partial charge in [-0.05, 0) is 39.0 Å². The van der Waals surface area contributed by atoms with Crippen LogP contribution in [0.1, 0.15) is 31.1 Å². The van der Waals surface area contributed by atoms with Crippen molar-refractivity contribution in [3.63, 3.8) is 0 Å². The summed E-state index contributed by atoms with van der Waals surface area (Å²) in [5, 5.41) is 0.232. The highest BCUT2D eigenvalue weighted by Crippen LogP contribution is 2.29. The third-order valence-corrected chi connectivity index (χ3v) is 4.13. The van der Waals surface area contributed by atoms with E-state index in [0.717, 1.165) is 4.90 Å². The molecule has 0 heterocycles. The van der Waals surface area contributed by atoms with Gasteiger partial charge in [0.15, 0.2) is 0 Å². The van der Waals surface area contributed by atoms with E-state index >= 15 is 0 Å². The fourth-order valence-corrected chi connectivity index (χ4v) is 2.61. The van der Waals surface area contributed by atoms with E-state index in [2.05, 4.69) is 0 Å². The topological polar surface area (TPSA) is 46.6 Å². The third kappa shape index (κ3) is 5.39. The van der Waals surface area contributed by atoms with E-state index in [9.17, 15) is 22.8 Å². The number of ether oxygens (including phenoxy) is 1. The highest BCUT2D eigenvalue weighted by molar-refractivity contribution is 6.42. The number of anilines is 1. The lowest BCUT2D eigenvalue weighted by Gasteiger charge is -2.26. The summed E-state index contributed by atoms with van der Waals surface area (Å²) in [4.78, 5) is 25.8. The van der Waals surface area contributed by atoms with Crippen molar-refractivity contribution in [2.45, 2.75) is 26.4 Å². The van der Waals surface area contributed by atoms with Gasteiger partial charge in [-0.25, -0.2) is 13.2 Å². The monoisotopic (exact) mass is 433 g/mol. The van der Waals surface area contributed by atoms with Crippen molar-refractivity contribution in [1.29, 1.82) is 0 Å². The van der Waals surface area contributed by atoms with Gasteiger partial charge in [-0.1, -0.05) is 23.2 Å². The summed E-state index contributed by atoms with van der Waals surface area (Å²) in [5.41, 5.74) is -1.82. The van der Waals surface area contributed by atoms with E-state index < -0.39 is 47.0 Å². The molecule has 4 nitrogen and oxygen atoms in total. The highest BCUT2D eigenvalue weighted by atomic mass is 35.5. The van der Waals surface area contributed by atoms with E-state index in [1.165, 1.54) is 18.2 Å². The Morgan fingerprint density at radius 2 is 1.57 bits per heavy atom. The van der Waals surface area contributed by atoms with Gasteiger partial charge in [0, 0.05) is 17.8 Å². The first-order chi connectivity index (χ1) is 12.9. The number of amides is 1. The van der Waals surface area contributed by atoms with Crippen LogP contribution >= 0.6 is 23.2 Å². The summed E-state index contributed by atoms with van der Waals surface area (Å²) in [6, 6.07) is 4.70. The van der Waals surface area contributed by atoms with Crippen molar-refractivity contribution in [2.75, 3.05) is 11.4 Å². The lowest BCUT2D eigenvalue weighted by Crippen LogP contribution is -2.39. The molecule has 150 valence electrons. The van der Waals surface area contributed by atoms with E-state index in [4.69, 9.17) is 27.9 Å². The Morgan fingerprint density at radius 3 is 2.07 bits per heavy atom. The average Bonchev–Trinajstić information content (AvgIpc) is 2.52. The van der Waals surface area contributed by atoms with Crippen LogP contribution in [0.2, 0.25) is 10.0 Å². The Kier molecular flexibility index (Phi) is 6.62. The Morgan fingerprint density at radius 1 is 1.00 bits per heavy atom. The second kappa shape index (κ2) is 8.41. The predicted octanol–water partition coefficient (Wildman–Crippen LogP) is 5.40. The Bertz CT molecular complexity index is 906. The zero-order valence-electron chi connectivity index (χ0n) is 15.2. The zero-order chi connectivity index (χ0) is 21.2. The average molecular weight is 434 g/mol. The molecule has 0 bridgehead atoms. The molecule has 0 spiro atoms. The van der Waals surface area contributed by atoms with Gasteiger partial charge in [0.1, 0.15) is 35.2 Å². The molecule has 0 N–H and O–H groups in total. The number of halogens is 5. The molecule has 0 atom stereocenters. The minimum atomic E-state index is -1.41. The number of carbonyl (C=O) groups excluding carboxylic acids is 2. The molecule has 28 heavy (non-hydrogen) atoms. The second-order valence-corrected chi connectivity index (χ2v) is 7.63. The van der Waals surface area contributed by atoms with Crippen molar-refractivity contribution in [1.82, 2.24) is 0 Å². The van der Waals surface area contributed by atoms with Gasteiger partial charge in [0.05, 0.1) is 10.0 Å². The molecule has 0 unspecified atom stereocenters. The maximum absolute atomic E-state index is 14.1. The molecule has 9 heteroatoms. The van der Waals surface area contributed by atoms with Crippen molar-refractivity contribution in [2.24, 2.45) is 0 Å². The normalized spacial score (nSPS) is 11.3. The first kappa shape index (κ1) is 22.0. The maximum Gasteiger partial charge on any atom is 0.326 e. The molecule has 0 aromatic heterocycles. The SMILES string of the molecule is CC(C)(C)OC(=O)CN(C(=O)c1c(F)cc(F)cc1F)c1ccc(Cl)c(Cl)c1. The number of hydrogen-bond acceptors (Lipinski definition) is 3. The number of benzene rings is 2. The van der Waals surface area contributed by atoms with Crippen LogP contribution in [-0.2, 0) is 9.53 Å². The molecule has 0 radical (unpaired) electrons. The Balaban J connectivity index is 2.50. The van der Waals surface area contributed by atoms with Crippen LogP contribution in [0.3, 0.4) is 0 Å². The van der Waals surface area contributed by atoms with Crippen LogP contribution in [-0.4, -0.2) is 24.0 Å². The summed E-state index contributed by atoms with van der Waals surface area (Å²) in [5.74, 6) is -6.03. The first-order valence-electron chi connectivity index (χ1n) is 8.02. The smallest absolute Gasteiger partial charge is 0.326 e. The maximum atomic E-state index is 14.1. The fraction of sp³-hybridized carbons (Fsp3) is 0.263. The van der Waals surface area contributed by atoms with E-state index in [1.807, 2.05) is 0 Å². The number of esters is 1. The van der Waals surface area contributed by atoms with Crippen molar-refractivity contribution < 1.29 is 27.5 Å². The lowest BCUT2D eigenvalue weighted by atomic mass is 10.1. The molecule has 2 rings (SSSR count). The molecule has 0 aliphatic carbocycles. The van der Waals surface area contributed by atoms with Crippen LogP contribution in [0.25, 0.3) is 0 Å². The Hall–Kier alpha value is -2.25. The zero-order valence-corrected chi connectivity index (χ0v) is 16.7. The van der Waals surface area contributed by atoms with Crippen molar-refractivity contribution in [3.05, 3.63) is 63.4 Å². The molecule has 1 amide bonds. The lowest BCUT2D eigenvalue weighted by molar-refractivity contribution is -0.152. The quantitative estimate of drug-likeness (QED) is 0.606. The standard InChI is InChI=1S/C19H16Cl2F3NO3/c1-19(2,3)28-16(26)9-25(11-4-5-12(20)13(21)8-11)18(27)17-14(23)6-10(22)7-15(17)24/h4-8H,9H2,1-3H3. The van der Waals surface area contributed by atoms with Crippen LogP contribution in [0.15, 0.2) is 30.3 Å². The van der Waals surface area contributed by atoms with E-state index in [0.29, 0.717) is 12.1 Å². The first-order valence-corrected chi connectivity index (χ1v) is 8.78. The summed E-state index contributed by atoms with van der Waals surface area (Å²) in [7, 11) is 0. The predicted molar refractivity (Wildman–Crippen MR) is 100 cm³/mol. The fourth-order valence-electron chi connectivity index (χ4n) is 2.32. The molecule has 0 saturated carbocycles. The van der Waals surface area contributed by atoms with Gasteiger partial charge >= 0.3 is 5.97 Å². The summed E-state index contributed by atoms with van der Waals surface area (Å²) in [6.07, 6.45) is 0. The van der Waals surface area contributed by atoms with Crippen molar-refractivity contribution >= 4 is 40.8 Å². The molecule has 2 aromatic rings. The summed E-state index contributed by atoms with van der Waals surface area (Å²) >= 11 is 11.8. The molecule has 0 aliphatic rings. The molecule has 2 aromatic carbocycles. The second-order valence-electron chi connectivity index (χ2n) is 6.82. The summed E-state index contributed by atoms with van der Waals surface area (Å²) in [6.45, 7) is 4.20. The number of nitrogens with zero attached hydrogens (tertiary/aromatic N) is 1. The molecule has 0 fully saturated rings. The third-order valence-electron chi connectivity index (χ3n) is 3.39. The minimum Gasteiger partial charge on any atom is -0.459 e. The number of rotatable bonds is 4. The van der Waals surface area contributed by atoms with Gasteiger partial charge in [0.2, 0.25) is 0 Å². The van der Waals surface area contributed by atoms with Crippen LogP contribution in [0.4, 0.5) is 18.9 Å². The van der Waals surface area contributed by atoms with Gasteiger partial charge in [0.25, 0.3) is 5.91 Å². The molecular formula is C19H16Cl2F3NO3. The minimum absolute atomic E-state index is 0.0494. The van der Waals surface area contributed by atoms with Crippen molar-refractivity contribution in [3.8, 4) is 0 Å². The van der Waals surface area contributed by atoms with E-state index in [-0.39, 0.29) is 15.7 Å². The van der Waals surface area contributed by atoms with Gasteiger partial charge in [-0.3, -0.25) is 14.5 Å². The van der Waals surface area contributed by atoms with Gasteiger partial charge in [-0.2, -0.15) is 0 Å². The Labute approximate surface area is 169 Å². The van der Waals surface area contributed by atoms with Crippen LogP contribution in [0.5, 0.6) is 0 Å². The van der Waals surface area contributed by atoms with Gasteiger partial charge < -0.3 is 4.74 Å². The van der Waals surface area contributed by atoms with E-state index in [1.54, 1.807) is 20.8 Å². The largest absolute Gasteiger partial charge is 0.459 e. The molecule has 0 aliphatic heterocycles. The van der Waals surface area contributed by atoms with Crippen LogP contribution < -0.4 is 4.90 Å². The van der Waals surface area contributed by atoms with Crippen LogP contribution in [0, 0.1) is 17.5 Å². The summed E-state index contributed by atoms with van der Waals surface area (Å²) < 4.78 is 46.5. The molecule has 0 saturated heterocycles.